The van der Waals surface area contributed by atoms with Crippen LogP contribution in [0.2, 0.25) is 0 Å². The van der Waals surface area contributed by atoms with E-state index in [-0.39, 0.29) is 19.4 Å². The van der Waals surface area contributed by atoms with Gasteiger partial charge >= 0.3 is 11.9 Å². The standard InChI is InChI=1S/C24H22N2O5/c1-16-7-9-19-20(13-16)26(14-17-5-3-2-4-6-17)25-24(19)21-10-8-18(31-21)15-30-23(29)12-11-22(27)28/h2-10,13H,11-12,14-15H2,1H3,(H,27,28). The lowest BCUT2D eigenvalue weighted by molar-refractivity contribution is -0.149. The monoisotopic (exact) mass is 418 g/mol. The molecular weight excluding hydrogens is 396 g/mol. The van der Waals surface area contributed by atoms with Gasteiger partial charge < -0.3 is 14.3 Å². The van der Waals surface area contributed by atoms with E-state index in [1.54, 1.807) is 12.1 Å². The summed E-state index contributed by atoms with van der Waals surface area (Å²) >= 11 is 0. The summed E-state index contributed by atoms with van der Waals surface area (Å²) in [4.78, 5) is 22.2. The maximum Gasteiger partial charge on any atom is 0.306 e. The molecular formula is C24H22N2O5. The molecule has 2 aromatic carbocycles. The van der Waals surface area contributed by atoms with E-state index in [4.69, 9.17) is 19.4 Å². The Kier molecular flexibility index (Phi) is 5.84. The van der Waals surface area contributed by atoms with Gasteiger partial charge in [-0.1, -0.05) is 42.5 Å². The smallest absolute Gasteiger partial charge is 0.306 e. The predicted molar refractivity (Wildman–Crippen MR) is 114 cm³/mol. The second kappa shape index (κ2) is 8.87. The molecule has 0 radical (unpaired) electrons. The van der Waals surface area contributed by atoms with Gasteiger partial charge in [-0.05, 0) is 36.2 Å². The zero-order valence-electron chi connectivity index (χ0n) is 17.1. The van der Waals surface area contributed by atoms with Crippen LogP contribution in [0, 0.1) is 6.92 Å². The molecule has 0 spiro atoms. The Hall–Kier alpha value is -3.87. The zero-order chi connectivity index (χ0) is 21.8. The molecule has 0 aliphatic heterocycles. The molecule has 0 saturated carbocycles. The number of fused-ring (bicyclic) bond motifs is 1. The normalized spacial score (nSPS) is 11.0. The number of aliphatic carboxylic acids is 1. The first kappa shape index (κ1) is 20.4. The van der Waals surface area contributed by atoms with Gasteiger partial charge in [-0.3, -0.25) is 14.3 Å². The van der Waals surface area contributed by atoms with E-state index < -0.39 is 11.9 Å². The first-order valence-corrected chi connectivity index (χ1v) is 9.97. The second-order valence-electron chi connectivity index (χ2n) is 7.33. The van der Waals surface area contributed by atoms with Crippen molar-refractivity contribution in [1.29, 1.82) is 0 Å². The Morgan fingerprint density at radius 2 is 1.87 bits per heavy atom. The van der Waals surface area contributed by atoms with Crippen molar-refractivity contribution in [3.63, 3.8) is 0 Å². The van der Waals surface area contributed by atoms with Gasteiger partial charge in [-0.25, -0.2) is 0 Å². The molecule has 1 N–H and O–H groups in total. The Labute approximate surface area is 178 Å². The van der Waals surface area contributed by atoms with Crippen molar-refractivity contribution in [1.82, 2.24) is 9.78 Å². The Balaban J connectivity index is 1.57. The Bertz CT molecular complexity index is 1220. The molecule has 7 nitrogen and oxygen atoms in total. The maximum absolute atomic E-state index is 11.6. The first-order valence-electron chi connectivity index (χ1n) is 9.97. The molecule has 158 valence electrons. The summed E-state index contributed by atoms with van der Waals surface area (Å²) in [6, 6.07) is 19.8. The van der Waals surface area contributed by atoms with Gasteiger partial charge in [0, 0.05) is 5.39 Å². The number of esters is 1. The third kappa shape index (κ3) is 4.83. The van der Waals surface area contributed by atoms with Gasteiger partial charge in [0.2, 0.25) is 0 Å². The van der Waals surface area contributed by atoms with Crippen molar-refractivity contribution in [2.24, 2.45) is 0 Å². The number of hydrogen-bond acceptors (Lipinski definition) is 5. The van der Waals surface area contributed by atoms with E-state index >= 15 is 0 Å². The van der Waals surface area contributed by atoms with E-state index in [1.807, 2.05) is 41.9 Å². The lowest BCUT2D eigenvalue weighted by atomic mass is 10.1. The van der Waals surface area contributed by atoms with Crippen molar-refractivity contribution >= 4 is 22.8 Å². The quantitative estimate of drug-likeness (QED) is 0.422. The molecule has 2 heterocycles. The van der Waals surface area contributed by atoms with E-state index in [2.05, 4.69) is 18.2 Å². The summed E-state index contributed by atoms with van der Waals surface area (Å²) < 4.78 is 12.9. The number of carbonyl (C=O) groups excluding carboxylic acids is 1. The number of furan rings is 1. The molecule has 4 aromatic rings. The summed E-state index contributed by atoms with van der Waals surface area (Å²) in [5, 5.41) is 14.4. The van der Waals surface area contributed by atoms with Crippen molar-refractivity contribution in [2.75, 3.05) is 0 Å². The maximum atomic E-state index is 11.6. The molecule has 0 amide bonds. The minimum atomic E-state index is -1.04. The van der Waals surface area contributed by atoms with E-state index in [9.17, 15) is 9.59 Å². The van der Waals surface area contributed by atoms with Crippen LogP contribution in [0.1, 0.15) is 29.7 Å². The van der Waals surface area contributed by atoms with Crippen LogP contribution in [0.4, 0.5) is 0 Å². The number of rotatable bonds is 8. The summed E-state index contributed by atoms with van der Waals surface area (Å²) in [7, 11) is 0. The van der Waals surface area contributed by atoms with Crippen LogP contribution in [-0.2, 0) is 27.5 Å². The summed E-state index contributed by atoms with van der Waals surface area (Å²) in [6.07, 6.45) is -0.427. The average molecular weight is 418 g/mol. The lowest BCUT2D eigenvalue weighted by Crippen LogP contribution is -2.07. The highest BCUT2D eigenvalue weighted by Crippen LogP contribution is 2.30. The SMILES string of the molecule is Cc1ccc2c(-c3ccc(COC(=O)CCC(=O)O)o3)nn(Cc3ccccc3)c2c1. The number of carboxylic acids is 1. The summed E-state index contributed by atoms with van der Waals surface area (Å²) in [5.41, 5.74) is 4.02. The van der Waals surface area contributed by atoms with Crippen LogP contribution < -0.4 is 0 Å². The number of carbonyl (C=O) groups is 2. The van der Waals surface area contributed by atoms with Crippen molar-refractivity contribution < 1.29 is 23.8 Å². The van der Waals surface area contributed by atoms with Gasteiger partial charge in [0.25, 0.3) is 0 Å². The first-order chi connectivity index (χ1) is 15.0. The van der Waals surface area contributed by atoms with E-state index in [0.717, 1.165) is 27.7 Å². The Morgan fingerprint density at radius 1 is 1.06 bits per heavy atom. The second-order valence-corrected chi connectivity index (χ2v) is 7.33. The molecule has 0 fully saturated rings. The number of aromatic nitrogens is 2. The van der Waals surface area contributed by atoms with Crippen molar-refractivity contribution in [3.8, 4) is 11.5 Å². The summed E-state index contributed by atoms with van der Waals surface area (Å²) in [5.74, 6) is -0.562. The van der Waals surface area contributed by atoms with Crippen LogP contribution in [0.5, 0.6) is 0 Å². The molecule has 4 rings (SSSR count). The van der Waals surface area contributed by atoms with Gasteiger partial charge in [-0.15, -0.1) is 0 Å². The number of aryl methyl sites for hydroxylation is 1. The van der Waals surface area contributed by atoms with E-state index in [1.165, 1.54) is 0 Å². The summed E-state index contributed by atoms with van der Waals surface area (Å²) in [6.45, 7) is 2.62. The molecule has 0 atom stereocenters. The van der Waals surface area contributed by atoms with Gasteiger partial charge in [-0.2, -0.15) is 5.10 Å². The third-order valence-electron chi connectivity index (χ3n) is 4.90. The van der Waals surface area contributed by atoms with Crippen LogP contribution in [0.3, 0.4) is 0 Å². The number of ether oxygens (including phenoxy) is 1. The fourth-order valence-corrected chi connectivity index (χ4v) is 3.36. The topological polar surface area (TPSA) is 94.6 Å². The predicted octanol–water partition coefficient (Wildman–Crippen LogP) is 4.56. The minimum Gasteiger partial charge on any atom is -0.481 e. The highest BCUT2D eigenvalue weighted by atomic mass is 16.5. The van der Waals surface area contributed by atoms with Crippen molar-refractivity contribution in [3.05, 3.63) is 77.6 Å². The molecule has 31 heavy (non-hydrogen) atoms. The average Bonchev–Trinajstić information content (AvgIpc) is 3.36. The van der Waals surface area contributed by atoms with Crippen LogP contribution in [0.25, 0.3) is 22.4 Å². The molecule has 2 aromatic heterocycles. The van der Waals surface area contributed by atoms with Crippen molar-refractivity contribution in [2.45, 2.75) is 32.9 Å². The third-order valence-corrected chi connectivity index (χ3v) is 4.90. The fraction of sp³-hybridized carbons (Fsp3) is 0.208. The molecule has 0 aliphatic carbocycles. The molecule has 7 heteroatoms. The largest absolute Gasteiger partial charge is 0.481 e. The number of nitrogens with zero attached hydrogens (tertiary/aromatic N) is 2. The molecule has 0 bridgehead atoms. The zero-order valence-corrected chi connectivity index (χ0v) is 17.1. The number of carboxylic acid groups (broad SMARTS) is 1. The van der Waals surface area contributed by atoms with Gasteiger partial charge in [0.05, 0.1) is 24.9 Å². The molecule has 0 aliphatic rings. The van der Waals surface area contributed by atoms with Gasteiger partial charge in [0.1, 0.15) is 18.1 Å². The minimum absolute atomic E-state index is 0.0553. The van der Waals surface area contributed by atoms with Crippen LogP contribution >= 0.6 is 0 Å². The number of benzene rings is 2. The number of hydrogen-bond donors (Lipinski definition) is 1. The van der Waals surface area contributed by atoms with Crippen LogP contribution in [0.15, 0.2) is 65.1 Å². The van der Waals surface area contributed by atoms with Gasteiger partial charge in [0.15, 0.2) is 5.76 Å². The lowest BCUT2D eigenvalue weighted by Gasteiger charge is -2.04. The van der Waals surface area contributed by atoms with E-state index in [0.29, 0.717) is 18.1 Å². The highest BCUT2D eigenvalue weighted by molar-refractivity contribution is 5.92. The van der Waals surface area contributed by atoms with Crippen LogP contribution in [-0.4, -0.2) is 26.8 Å². The fourth-order valence-electron chi connectivity index (χ4n) is 3.36. The molecule has 0 saturated heterocycles. The molecule has 0 unspecified atom stereocenters. The Morgan fingerprint density at radius 3 is 2.65 bits per heavy atom. The highest BCUT2D eigenvalue weighted by Gasteiger charge is 2.17.